The Morgan fingerprint density at radius 3 is 2.52 bits per heavy atom. The molecule has 0 aliphatic carbocycles. The van der Waals surface area contributed by atoms with Gasteiger partial charge in [0.05, 0.1) is 17.5 Å². The lowest BCUT2D eigenvalue weighted by atomic mass is 10.1. The average Bonchev–Trinajstić information content (AvgIpc) is 3.28. The molecule has 0 spiro atoms. The summed E-state index contributed by atoms with van der Waals surface area (Å²) in [6, 6.07) is 20.8. The van der Waals surface area contributed by atoms with E-state index < -0.39 is 0 Å². The Hall–Kier alpha value is -3.38. The number of furan rings is 1. The van der Waals surface area contributed by atoms with Crippen LogP contribution in [0.25, 0.3) is 0 Å². The molecule has 150 valence electrons. The van der Waals surface area contributed by atoms with E-state index in [4.69, 9.17) is 4.42 Å². The molecule has 3 rings (SSSR count). The van der Waals surface area contributed by atoms with Gasteiger partial charge in [-0.2, -0.15) is 0 Å². The number of nitrogens with one attached hydrogen (secondary N) is 2. The van der Waals surface area contributed by atoms with Crippen LogP contribution in [0, 0.1) is 0 Å². The van der Waals surface area contributed by atoms with E-state index in [0.717, 1.165) is 17.7 Å². The summed E-state index contributed by atoms with van der Waals surface area (Å²) in [6.07, 6.45) is 2.37. The molecule has 6 nitrogen and oxygen atoms in total. The van der Waals surface area contributed by atoms with Crippen molar-refractivity contribution in [1.82, 2.24) is 5.32 Å². The predicted molar refractivity (Wildman–Crippen MR) is 111 cm³/mol. The maximum atomic E-state index is 12.6. The lowest BCUT2D eigenvalue weighted by Gasteiger charge is -2.12. The van der Waals surface area contributed by atoms with Crippen LogP contribution in [-0.4, -0.2) is 24.9 Å². The number of carbonyl (C=O) groups is 2. The van der Waals surface area contributed by atoms with Crippen LogP contribution in [0.3, 0.4) is 0 Å². The van der Waals surface area contributed by atoms with Gasteiger partial charge in [0, 0.05) is 6.54 Å². The Kier molecular flexibility index (Phi) is 7.19. The number of carbonyl (C=O) groups excluding carboxylic acids is 2. The van der Waals surface area contributed by atoms with Crippen molar-refractivity contribution in [2.24, 2.45) is 0 Å². The van der Waals surface area contributed by atoms with Crippen molar-refractivity contribution in [2.45, 2.75) is 19.4 Å². The van der Waals surface area contributed by atoms with Crippen LogP contribution >= 0.6 is 0 Å². The number of para-hydroxylation sites is 1. The van der Waals surface area contributed by atoms with Crippen molar-refractivity contribution in [2.75, 3.05) is 18.4 Å². The zero-order chi connectivity index (χ0) is 20.5. The van der Waals surface area contributed by atoms with Crippen molar-refractivity contribution < 1.29 is 19.3 Å². The first-order chi connectivity index (χ1) is 14.1. The van der Waals surface area contributed by atoms with Gasteiger partial charge in [0.15, 0.2) is 12.3 Å². The standard InChI is InChI=1S/C23H25N3O3/c1-17(21-12-7-15-29-21)25-16-22(27)26-20-11-6-5-10-19(20)23(28)24-14-13-18-8-3-2-4-9-18/h2-12,15,17,25H,13-14,16H2,1H3,(H,24,28)(H,26,27)/p+1/t17-/m0/s1. The minimum atomic E-state index is -0.204. The highest BCUT2D eigenvalue weighted by molar-refractivity contribution is 6.03. The molecule has 0 aliphatic heterocycles. The first-order valence-corrected chi connectivity index (χ1v) is 9.71. The summed E-state index contributed by atoms with van der Waals surface area (Å²) in [5, 5.41) is 7.64. The van der Waals surface area contributed by atoms with Crippen LogP contribution in [-0.2, 0) is 11.2 Å². The molecule has 2 aromatic carbocycles. The van der Waals surface area contributed by atoms with Crippen molar-refractivity contribution in [3.8, 4) is 0 Å². The molecular formula is C23H26N3O3+. The van der Waals surface area contributed by atoms with Gasteiger partial charge in [-0.1, -0.05) is 42.5 Å². The lowest BCUT2D eigenvalue weighted by molar-refractivity contribution is -0.684. The topological polar surface area (TPSA) is 88.0 Å². The maximum Gasteiger partial charge on any atom is 0.279 e. The molecular weight excluding hydrogens is 366 g/mol. The van der Waals surface area contributed by atoms with E-state index >= 15 is 0 Å². The first kappa shape index (κ1) is 20.4. The molecule has 0 saturated heterocycles. The van der Waals surface area contributed by atoms with E-state index in [9.17, 15) is 9.59 Å². The molecule has 0 saturated carbocycles. The van der Waals surface area contributed by atoms with Crippen molar-refractivity contribution in [3.05, 3.63) is 89.9 Å². The van der Waals surface area contributed by atoms with Gasteiger partial charge in [0.25, 0.3) is 11.8 Å². The fourth-order valence-corrected chi connectivity index (χ4v) is 3.00. The first-order valence-electron chi connectivity index (χ1n) is 9.71. The minimum Gasteiger partial charge on any atom is -0.463 e. The van der Waals surface area contributed by atoms with Crippen molar-refractivity contribution in [1.29, 1.82) is 0 Å². The third kappa shape index (κ3) is 6.05. The summed E-state index contributed by atoms with van der Waals surface area (Å²) in [5.41, 5.74) is 2.12. The molecule has 1 aromatic heterocycles. The Balaban J connectivity index is 1.52. The zero-order valence-electron chi connectivity index (χ0n) is 16.4. The van der Waals surface area contributed by atoms with E-state index in [2.05, 4.69) is 10.6 Å². The molecule has 0 aliphatic rings. The van der Waals surface area contributed by atoms with Crippen molar-refractivity contribution >= 4 is 17.5 Å². The molecule has 6 heteroatoms. The molecule has 3 aromatic rings. The zero-order valence-corrected chi connectivity index (χ0v) is 16.4. The number of nitrogens with two attached hydrogens (primary N) is 1. The van der Waals surface area contributed by atoms with Gasteiger partial charge < -0.3 is 20.4 Å². The molecule has 0 radical (unpaired) electrons. The van der Waals surface area contributed by atoms with E-state index in [0.29, 0.717) is 17.8 Å². The minimum absolute atomic E-state index is 0.0345. The quantitative estimate of drug-likeness (QED) is 0.523. The summed E-state index contributed by atoms with van der Waals surface area (Å²) in [5.74, 6) is 0.439. The summed E-state index contributed by atoms with van der Waals surface area (Å²) >= 11 is 0. The number of benzene rings is 2. The van der Waals surface area contributed by atoms with Crippen LogP contribution in [0.2, 0.25) is 0 Å². The monoisotopic (exact) mass is 392 g/mol. The normalized spacial score (nSPS) is 11.6. The lowest BCUT2D eigenvalue weighted by Crippen LogP contribution is -2.86. The SMILES string of the molecule is C[C@H]([NH2+]CC(=O)Nc1ccccc1C(=O)NCCc1ccccc1)c1ccco1. The highest BCUT2D eigenvalue weighted by Crippen LogP contribution is 2.15. The number of amides is 2. The second-order valence-electron chi connectivity index (χ2n) is 6.83. The molecule has 0 bridgehead atoms. The van der Waals surface area contributed by atoms with E-state index in [1.165, 1.54) is 0 Å². The van der Waals surface area contributed by atoms with Crippen LogP contribution in [0.5, 0.6) is 0 Å². The third-order valence-electron chi connectivity index (χ3n) is 4.64. The predicted octanol–water partition coefficient (Wildman–Crippen LogP) is 2.52. The Bertz CT molecular complexity index is 924. The van der Waals surface area contributed by atoms with Crippen LogP contribution in [0.4, 0.5) is 5.69 Å². The molecule has 0 fully saturated rings. The van der Waals surface area contributed by atoms with Crippen LogP contribution in [0.1, 0.15) is 34.6 Å². The highest BCUT2D eigenvalue weighted by Gasteiger charge is 2.16. The summed E-state index contributed by atoms with van der Waals surface area (Å²) in [4.78, 5) is 24.9. The van der Waals surface area contributed by atoms with Gasteiger partial charge in [-0.15, -0.1) is 0 Å². The smallest absolute Gasteiger partial charge is 0.279 e. The van der Waals surface area contributed by atoms with E-state index in [-0.39, 0.29) is 24.4 Å². The number of rotatable bonds is 9. The summed E-state index contributed by atoms with van der Waals surface area (Å²) < 4.78 is 5.35. The number of quaternary nitrogens is 1. The fourth-order valence-electron chi connectivity index (χ4n) is 3.00. The Morgan fingerprint density at radius 1 is 1.00 bits per heavy atom. The van der Waals surface area contributed by atoms with E-state index in [1.807, 2.05) is 54.7 Å². The van der Waals surface area contributed by atoms with Crippen LogP contribution < -0.4 is 16.0 Å². The van der Waals surface area contributed by atoms with Gasteiger partial charge in [-0.05, 0) is 43.2 Å². The third-order valence-corrected chi connectivity index (χ3v) is 4.64. The maximum absolute atomic E-state index is 12.6. The molecule has 1 atom stereocenters. The summed E-state index contributed by atoms with van der Waals surface area (Å²) in [6.45, 7) is 2.73. The number of hydrogen-bond acceptors (Lipinski definition) is 3. The van der Waals surface area contributed by atoms with Gasteiger partial charge in [-0.3, -0.25) is 9.59 Å². The molecule has 0 unspecified atom stereocenters. The van der Waals surface area contributed by atoms with Gasteiger partial charge in [-0.25, -0.2) is 0 Å². The molecule has 1 heterocycles. The van der Waals surface area contributed by atoms with E-state index in [1.54, 1.807) is 30.5 Å². The second kappa shape index (κ2) is 10.2. The second-order valence-corrected chi connectivity index (χ2v) is 6.83. The van der Waals surface area contributed by atoms with Crippen LogP contribution in [0.15, 0.2) is 77.4 Å². The largest absolute Gasteiger partial charge is 0.463 e. The number of hydrogen-bond donors (Lipinski definition) is 3. The fraction of sp³-hybridized carbons (Fsp3) is 0.217. The Morgan fingerprint density at radius 2 is 1.76 bits per heavy atom. The highest BCUT2D eigenvalue weighted by atomic mass is 16.3. The molecule has 4 N–H and O–H groups in total. The van der Waals surface area contributed by atoms with Crippen molar-refractivity contribution in [3.63, 3.8) is 0 Å². The average molecular weight is 392 g/mol. The molecule has 29 heavy (non-hydrogen) atoms. The van der Waals surface area contributed by atoms with Gasteiger partial charge in [0.1, 0.15) is 6.04 Å². The van der Waals surface area contributed by atoms with Gasteiger partial charge >= 0.3 is 0 Å². The Labute approximate surface area is 170 Å². The van der Waals surface area contributed by atoms with Gasteiger partial charge in [0.2, 0.25) is 0 Å². The molecule has 2 amide bonds. The number of anilines is 1. The summed E-state index contributed by atoms with van der Waals surface area (Å²) in [7, 11) is 0.